The number of rotatable bonds is 11. The van der Waals surface area contributed by atoms with E-state index in [2.05, 4.69) is 10.6 Å². The second-order valence-electron chi connectivity index (χ2n) is 7.50. The lowest BCUT2D eigenvalue weighted by atomic mass is 9.90. The topological polar surface area (TPSA) is 153 Å². The molecular weight excluding hydrogens is 432 g/mol. The molecule has 2 aromatic carbocycles. The summed E-state index contributed by atoms with van der Waals surface area (Å²) in [6.07, 6.45) is -0.577. The number of hydrogen-bond donors (Lipinski definition) is 5. The van der Waals surface area contributed by atoms with Crippen LogP contribution in [0.4, 0.5) is 5.69 Å². The van der Waals surface area contributed by atoms with Gasteiger partial charge in [-0.05, 0) is 45.0 Å². The Morgan fingerprint density at radius 3 is 1.72 bits per heavy atom. The van der Waals surface area contributed by atoms with Gasteiger partial charge in [-0.3, -0.25) is 19.2 Å². The molecule has 0 saturated heterocycles. The third kappa shape index (κ3) is 7.01. The first-order chi connectivity index (χ1) is 14.9. The minimum Gasteiger partial charge on any atom is -0.389 e. The summed E-state index contributed by atoms with van der Waals surface area (Å²) in [7, 11) is -4.40. The van der Waals surface area contributed by atoms with Gasteiger partial charge in [-0.25, -0.2) is 0 Å². The summed E-state index contributed by atoms with van der Waals surface area (Å²) < 4.78 is 0. The Morgan fingerprint density at radius 2 is 1.25 bits per heavy atom. The number of aryl methyl sites for hydroxylation is 1. The van der Waals surface area contributed by atoms with E-state index in [1.807, 2.05) is 19.1 Å². The molecule has 0 radical (unpaired) electrons. The highest BCUT2D eigenvalue weighted by atomic mass is 28.4. The molecule has 0 saturated carbocycles. The largest absolute Gasteiger partial charge is 0.507 e. The zero-order valence-corrected chi connectivity index (χ0v) is 19.1. The molecule has 0 aliphatic carbocycles. The van der Waals surface area contributed by atoms with E-state index in [1.165, 1.54) is 26.0 Å². The first-order valence-corrected chi connectivity index (χ1v) is 11.9. The van der Waals surface area contributed by atoms with Crippen LogP contribution in [0.25, 0.3) is 0 Å². The average Bonchev–Trinajstić information content (AvgIpc) is 2.70. The van der Waals surface area contributed by atoms with E-state index in [0.29, 0.717) is 5.69 Å². The van der Waals surface area contributed by atoms with Gasteiger partial charge in [-0.15, -0.1) is 0 Å². The van der Waals surface area contributed by atoms with Gasteiger partial charge in [0.1, 0.15) is 0 Å². The molecule has 10 heteroatoms. The molecule has 0 aliphatic rings. The SMILES string of the molecule is CC(=O)c1cc(C(C)=O)c(C(=O)CNc2ccc(C)cc2)cc1C(=O)CNC[Si](O)(O)O. The Balaban J connectivity index is 2.35. The lowest BCUT2D eigenvalue weighted by Gasteiger charge is -2.15. The van der Waals surface area contributed by atoms with Crippen LogP contribution in [-0.2, 0) is 0 Å². The maximum absolute atomic E-state index is 12.9. The molecule has 0 fully saturated rings. The Morgan fingerprint density at radius 1 is 0.781 bits per heavy atom. The second kappa shape index (κ2) is 10.5. The highest BCUT2D eigenvalue weighted by molar-refractivity contribution is 6.56. The molecule has 0 unspecified atom stereocenters. The summed E-state index contributed by atoms with van der Waals surface area (Å²) in [4.78, 5) is 77.0. The van der Waals surface area contributed by atoms with Gasteiger partial charge in [0.05, 0.1) is 19.3 Å². The number of benzene rings is 2. The normalized spacial score (nSPS) is 11.2. The number of hydrogen-bond acceptors (Lipinski definition) is 9. The van der Waals surface area contributed by atoms with Crippen LogP contribution < -0.4 is 10.6 Å². The van der Waals surface area contributed by atoms with Crippen molar-refractivity contribution in [1.29, 1.82) is 0 Å². The fraction of sp³-hybridized carbons (Fsp3) is 0.273. The molecule has 5 N–H and O–H groups in total. The molecule has 0 aromatic heterocycles. The van der Waals surface area contributed by atoms with Crippen molar-refractivity contribution in [3.63, 3.8) is 0 Å². The van der Waals surface area contributed by atoms with Crippen molar-refractivity contribution in [2.45, 2.75) is 20.8 Å². The van der Waals surface area contributed by atoms with E-state index < -0.39 is 44.7 Å². The van der Waals surface area contributed by atoms with E-state index in [1.54, 1.807) is 12.1 Å². The first kappa shape index (κ1) is 25.2. The van der Waals surface area contributed by atoms with Crippen molar-refractivity contribution < 1.29 is 33.6 Å². The quantitative estimate of drug-likeness (QED) is 0.244. The molecule has 32 heavy (non-hydrogen) atoms. The third-order valence-corrected chi connectivity index (χ3v) is 5.39. The monoisotopic (exact) mass is 458 g/mol. The molecule has 0 heterocycles. The van der Waals surface area contributed by atoms with Crippen LogP contribution in [0.15, 0.2) is 36.4 Å². The summed E-state index contributed by atoms with van der Waals surface area (Å²) in [5.74, 6) is -1.95. The zero-order chi connectivity index (χ0) is 24.1. The van der Waals surface area contributed by atoms with Crippen LogP contribution in [0.1, 0.15) is 60.8 Å². The summed E-state index contributed by atoms with van der Waals surface area (Å²) in [6, 6.07) is 9.82. The van der Waals surface area contributed by atoms with E-state index >= 15 is 0 Å². The van der Waals surface area contributed by atoms with Gasteiger partial charge in [-0.1, -0.05) is 17.7 Å². The molecule has 0 spiro atoms. The molecular formula is C22H26N2O7Si. The molecule has 2 rings (SSSR count). The number of Topliss-reactive ketones (excluding diaryl/α,β-unsaturated/α-hetero) is 4. The molecule has 0 bridgehead atoms. The van der Waals surface area contributed by atoms with Gasteiger partial charge < -0.3 is 25.0 Å². The predicted octanol–water partition coefficient (Wildman–Crippen LogP) is 0.922. The fourth-order valence-corrected chi connectivity index (χ4v) is 3.49. The third-order valence-electron chi connectivity index (χ3n) is 4.67. The van der Waals surface area contributed by atoms with Crippen LogP contribution in [0.5, 0.6) is 0 Å². The summed E-state index contributed by atoms with van der Waals surface area (Å²) >= 11 is 0. The van der Waals surface area contributed by atoms with Crippen molar-refractivity contribution in [3.8, 4) is 0 Å². The predicted molar refractivity (Wildman–Crippen MR) is 120 cm³/mol. The highest BCUT2D eigenvalue weighted by Gasteiger charge is 2.27. The number of carbonyl (C=O) groups excluding carboxylic acids is 4. The number of ketones is 4. The van der Waals surface area contributed by atoms with Crippen LogP contribution in [0, 0.1) is 6.92 Å². The maximum Gasteiger partial charge on any atom is 0.507 e. The Hall–Kier alpha value is -3.02. The molecule has 9 nitrogen and oxygen atoms in total. The summed E-state index contributed by atoms with van der Waals surface area (Å²) in [5.41, 5.74) is 1.70. The van der Waals surface area contributed by atoms with Crippen molar-refractivity contribution in [2.24, 2.45) is 0 Å². The van der Waals surface area contributed by atoms with Gasteiger partial charge in [0.15, 0.2) is 23.1 Å². The Kier molecular flexibility index (Phi) is 8.30. The molecule has 2 aromatic rings. The van der Waals surface area contributed by atoms with E-state index in [4.69, 9.17) is 14.4 Å². The van der Waals surface area contributed by atoms with Crippen molar-refractivity contribution in [2.75, 3.05) is 24.6 Å². The zero-order valence-electron chi connectivity index (χ0n) is 18.1. The fourth-order valence-electron chi connectivity index (χ4n) is 3.03. The van der Waals surface area contributed by atoms with Crippen LogP contribution in [-0.4, -0.2) is 65.6 Å². The summed E-state index contributed by atoms with van der Waals surface area (Å²) in [5, 5.41) is 5.38. The molecule has 0 atom stereocenters. The minimum atomic E-state index is -4.40. The Labute approximate surface area is 186 Å². The number of nitrogens with one attached hydrogen (secondary N) is 2. The van der Waals surface area contributed by atoms with Crippen molar-refractivity contribution in [1.82, 2.24) is 5.32 Å². The second-order valence-corrected chi connectivity index (χ2v) is 9.40. The smallest absolute Gasteiger partial charge is 0.389 e. The number of carbonyl (C=O) groups is 4. The van der Waals surface area contributed by atoms with Gasteiger partial charge in [0.25, 0.3) is 0 Å². The van der Waals surface area contributed by atoms with Crippen LogP contribution in [0.3, 0.4) is 0 Å². The van der Waals surface area contributed by atoms with E-state index in [0.717, 1.165) is 5.56 Å². The van der Waals surface area contributed by atoms with Crippen LogP contribution in [0.2, 0.25) is 0 Å². The Bertz CT molecular complexity index is 1040. The van der Waals surface area contributed by atoms with Gasteiger partial charge in [0, 0.05) is 27.9 Å². The van der Waals surface area contributed by atoms with E-state index in [-0.39, 0.29) is 28.8 Å². The minimum absolute atomic E-state index is 0.000609. The average molecular weight is 459 g/mol. The lowest BCUT2D eigenvalue weighted by Crippen LogP contribution is -2.47. The molecule has 0 amide bonds. The van der Waals surface area contributed by atoms with Gasteiger partial charge in [0.2, 0.25) is 0 Å². The highest BCUT2D eigenvalue weighted by Crippen LogP contribution is 2.21. The van der Waals surface area contributed by atoms with Crippen LogP contribution >= 0.6 is 0 Å². The van der Waals surface area contributed by atoms with Gasteiger partial charge >= 0.3 is 8.80 Å². The van der Waals surface area contributed by atoms with Crippen molar-refractivity contribution in [3.05, 3.63) is 64.2 Å². The standard InChI is InChI=1S/C22H26N2O7Si/c1-13-4-6-16(7-5-13)24-11-22(28)20-9-19(21(27)10-23-12-32(29,30)31)17(14(2)25)8-18(20)15(3)26/h4-9,23-24,29-31H,10-12H2,1-3H3. The number of anilines is 1. The summed E-state index contributed by atoms with van der Waals surface area (Å²) in [6.45, 7) is 3.88. The first-order valence-electron chi connectivity index (χ1n) is 9.83. The van der Waals surface area contributed by atoms with E-state index in [9.17, 15) is 19.2 Å². The molecule has 170 valence electrons. The van der Waals surface area contributed by atoms with Crippen molar-refractivity contribution >= 4 is 37.6 Å². The lowest BCUT2D eigenvalue weighted by molar-refractivity contribution is 0.0961. The maximum atomic E-state index is 12.9. The molecule has 0 aliphatic heterocycles. The van der Waals surface area contributed by atoms with Gasteiger partial charge in [-0.2, -0.15) is 0 Å².